The van der Waals surface area contributed by atoms with Crippen molar-refractivity contribution in [2.24, 2.45) is 5.73 Å². The van der Waals surface area contributed by atoms with E-state index >= 15 is 0 Å². The molecule has 0 rings (SSSR count). The maximum absolute atomic E-state index is 11.8. The molecule has 9 nitrogen and oxygen atoms in total. The highest BCUT2D eigenvalue weighted by Crippen LogP contribution is 2.05. The number of carbonyl (C=O) groups is 3. The summed E-state index contributed by atoms with van der Waals surface area (Å²) in [6.45, 7) is -1.57. The molecule has 19 heavy (non-hydrogen) atoms. The summed E-state index contributed by atoms with van der Waals surface area (Å²) < 4.78 is 28.4. The Balaban J connectivity index is 4.64. The average molecular weight is 296 g/mol. The van der Waals surface area contributed by atoms with Crippen LogP contribution in [-0.4, -0.2) is 61.6 Å². The van der Waals surface area contributed by atoms with Crippen LogP contribution in [0.5, 0.6) is 0 Å². The van der Waals surface area contributed by atoms with E-state index < -0.39 is 46.7 Å². The summed E-state index contributed by atoms with van der Waals surface area (Å²) in [7, 11) is -2.81. The second-order valence-corrected chi connectivity index (χ2v) is 5.71. The number of hydrogen-bond donors (Lipinski definition) is 2. The molecule has 110 valence electrons. The summed E-state index contributed by atoms with van der Waals surface area (Å²) in [4.78, 5) is 32.1. The summed E-state index contributed by atoms with van der Waals surface area (Å²) >= 11 is 0. The Hall–Kier alpha value is -1.68. The Morgan fingerprint density at radius 1 is 1.26 bits per heavy atom. The summed E-state index contributed by atoms with van der Waals surface area (Å²) in [5, 5.41) is 8.58. The first-order chi connectivity index (χ1) is 8.69. The third-order valence-corrected chi connectivity index (χ3v) is 3.90. The molecule has 0 atom stereocenters. The normalized spacial score (nSPS) is 11.3. The Labute approximate surface area is 110 Å². The number of nitrogens with zero attached hydrogens (tertiary/aromatic N) is 1. The number of sulfonamides is 1. The Morgan fingerprint density at radius 3 is 2.26 bits per heavy atom. The van der Waals surface area contributed by atoms with Gasteiger partial charge in [-0.25, -0.2) is 8.42 Å². The quantitative estimate of drug-likeness (QED) is 0.475. The number of primary amides is 1. The highest BCUT2D eigenvalue weighted by atomic mass is 32.2. The van der Waals surface area contributed by atoms with Crippen LogP contribution >= 0.6 is 0 Å². The van der Waals surface area contributed by atoms with Gasteiger partial charge in [0.1, 0.15) is 6.54 Å². The lowest BCUT2D eigenvalue weighted by molar-refractivity contribution is -0.141. The van der Waals surface area contributed by atoms with Gasteiger partial charge in [0.25, 0.3) is 0 Å². The number of aliphatic carboxylic acids is 1. The fourth-order valence-electron chi connectivity index (χ4n) is 1.21. The number of carboxylic acid groups (broad SMARTS) is 1. The van der Waals surface area contributed by atoms with E-state index in [1.807, 2.05) is 0 Å². The van der Waals surface area contributed by atoms with Crippen molar-refractivity contribution in [1.82, 2.24) is 4.31 Å². The molecule has 1 amide bonds. The van der Waals surface area contributed by atoms with Crippen molar-refractivity contribution in [2.75, 3.05) is 26.0 Å². The van der Waals surface area contributed by atoms with Crippen LogP contribution in [0.3, 0.4) is 0 Å². The molecule has 0 bridgehead atoms. The van der Waals surface area contributed by atoms with E-state index in [4.69, 9.17) is 10.8 Å². The highest BCUT2D eigenvalue weighted by Gasteiger charge is 2.25. The van der Waals surface area contributed by atoms with Crippen molar-refractivity contribution in [3.8, 4) is 0 Å². The molecule has 0 spiro atoms. The van der Waals surface area contributed by atoms with Gasteiger partial charge >= 0.3 is 11.9 Å². The largest absolute Gasteiger partial charge is 0.480 e. The molecule has 0 heterocycles. The van der Waals surface area contributed by atoms with Crippen LogP contribution in [0.4, 0.5) is 0 Å². The number of methoxy groups -OCH3 is 1. The summed E-state index contributed by atoms with van der Waals surface area (Å²) in [6, 6.07) is 0. The molecular formula is C9H16N2O7S. The van der Waals surface area contributed by atoms with Gasteiger partial charge in [-0.15, -0.1) is 0 Å². The van der Waals surface area contributed by atoms with Crippen LogP contribution in [0.1, 0.15) is 12.8 Å². The standard InChI is InChI=1S/C9H16N2O7S/c1-18-9(15)3-2-4-19(16,17)11(5-7(10)12)6-8(13)14/h2-6H2,1H3,(H2,10,12)(H,13,14). The minimum absolute atomic E-state index is 0.0378. The summed E-state index contributed by atoms with van der Waals surface area (Å²) in [5.41, 5.74) is 4.85. The lowest BCUT2D eigenvalue weighted by Crippen LogP contribution is -2.42. The minimum atomic E-state index is -3.97. The van der Waals surface area contributed by atoms with E-state index in [1.165, 1.54) is 7.11 Å². The van der Waals surface area contributed by atoms with Crippen LogP contribution in [0, 0.1) is 0 Å². The second-order valence-electron chi connectivity index (χ2n) is 3.62. The van der Waals surface area contributed by atoms with Crippen molar-refractivity contribution in [1.29, 1.82) is 0 Å². The molecule has 0 saturated carbocycles. The molecule has 0 aromatic heterocycles. The molecular weight excluding hydrogens is 280 g/mol. The van der Waals surface area contributed by atoms with E-state index in [-0.39, 0.29) is 12.8 Å². The number of esters is 1. The maximum atomic E-state index is 11.8. The molecule has 0 saturated heterocycles. The smallest absolute Gasteiger partial charge is 0.318 e. The fourth-order valence-corrected chi connectivity index (χ4v) is 2.61. The zero-order valence-corrected chi connectivity index (χ0v) is 11.2. The first-order valence-electron chi connectivity index (χ1n) is 5.23. The van der Waals surface area contributed by atoms with Crippen LogP contribution in [0.2, 0.25) is 0 Å². The van der Waals surface area contributed by atoms with Crippen molar-refractivity contribution in [2.45, 2.75) is 12.8 Å². The number of amides is 1. The van der Waals surface area contributed by atoms with Crippen LogP contribution < -0.4 is 5.73 Å². The van der Waals surface area contributed by atoms with Gasteiger partial charge < -0.3 is 15.6 Å². The van der Waals surface area contributed by atoms with Crippen LogP contribution in [0.15, 0.2) is 0 Å². The van der Waals surface area contributed by atoms with Gasteiger partial charge in [-0.3, -0.25) is 14.4 Å². The molecule has 0 aliphatic carbocycles. The predicted octanol–water partition coefficient (Wildman–Crippen LogP) is -1.86. The molecule has 0 unspecified atom stereocenters. The van der Waals surface area contributed by atoms with Gasteiger partial charge in [-0.05, 0) is 6.42 Å². The Kier molecular flexibility index (Phi) is 7.01. The van der Waals surface area contributed by atoms with Crippen LogP contribution in [0.25, 0.3) is 0 Å². The number of carbonyl (C=O) groups excluding carboxylic acids is 2. The van der Waals surface area contributed by atoms with Crippen molar-refractivity contribution in [3.63, 3.8) is 0 Å². The number of carboxylic acids is 1. The topological polar surface area (TPSA) is 144 Å². The molecule has 0 fully saturated rings. The maximum Gasteiger partial charge on any atom is 0.318 e. The van der Waals surface area contributed by atoms with E-state index in [0.29, 0.717) is 4.31 Å². The fraction of sp³-hybridized carbons (Fsp3) is 0.667. The van der Waals surface area contributed by atoms with Gasteiger partial charge in [-0.1, -0.05) is 0 Å². The van der Waals surface area contributed by atoms with Gasteiger partial charge in [0.15, 0.2) is 0 Å². The highest BCUT2D eigenvalue weighted by molar-refractivity contribution is 7.89. The molecule has 0 aliphatic rings. The first kappa shape index (κ1) is 17.3. The monoisotopic (exact) mass is 296 g/mol. The van der Waals surface area contributed by atoms with Crippen LogP contribution in [-0.2, 0) is 29.1 Å². The van der Waals surface area contributed by atoms with Gasteiger partial charge in [0, 0.05) is 6.42 Å². The van der Waals surface area contributed by atoms with E-state index in [1.54, 1.807) is 0 Å². The zero-order chi connectivity index (χ0) is 15.1. The average Bonchev–Trinajstić information content (AvgIpc) is 2.26. The van der Waals surface area contributed by atoms with Gasteiger partial charge in [0.05, 0.1) is 19.4 Å². The lowest BCUT2D eigenvalue weighted by Gasteiger charge is -2.18. The van der Waals surface area contributed by atoms with Gasteiger partial charge in [-0.2, -0.15) is 4.31 Å². The van der Waals surface area contributed by atoms with Gasteiger partial charge in [0.2, 0.25) is 15.9 Å². The predicted molar refractivity (Wildman–Crippen MR) is 63.4 cm³/mol. The number of hydrogen-bond acceptors (Lipinski definition) is 6. The SMILES string of the molecule is COC(=O)CCCS(=O)(=O)N(CC(N)=O)CC(=O)O. The number of nitrogens with two attached hydrogens (primary N) is 1. The first-order valence-corrected chi connectivity index (χ1v) is 6.84. The molecule has 0 radical (unpaired) electrons. The molecule has 0 aromatic carbocycles. The van der Waals surface area contributed by atoms with Crippen molar-refractivity contribution >= 4 is 27.9 Å². The molecule has 0 aliphatic heterocycles. The molecule has 0 aromatic rings. The number of rotatable bonds is 9. The zero-order valence-electron chi connectivity index (χ0n) is 10.4. The minimum Gasteiger partial charge on any atom is -0.480 e. The number of ether oxygens (including phenoxy) is 1. The van der Waals surface area contributed by atoms with Crippen molar-refractivity contribution in [3.05, 3.63) is 0 Å². The van der Waals surface area contributed by atoms with E-state index in [2.05, 4.69) is 4.74 Å². The lowest BCUT2D eigenvalue weighted by atomic mass is 10.3. The van der Waals surface area contributed by atoms with Crippen molar-refractivity contribution < 1.29 is 32.6 Å². The second kappa shape index (κ2) is 7.69. The third kappa shape index (κ3) is 7.36. The Morgan fingerprint density at radius 2 is 1.84 bits per heavy atom. The summed E-state index contributed by atoms with van der Waals surface area (Å²) in [6.07, 6.45) is -0.156. The molecule has 10 heteroatoms. The third-order valence-electron chi connectivity index (χ3n) is 2.05. The Bertz CT molecular complexity index is 429. The van der Waals surface area contributed by atoms with E-state index in [9.17, 15) is 22.8 Å². The van der Waals surface area contributed by atoms with E-state index in [0.717, 1.165) is 0 Å². The molecule has 3 N–H and O–H groups in total. The summed E-state index contributed by atoms with van der Waals surface area (Å²) in [5.74, 6) is -3.41.